The van der Waals surface area contributed by atoms with Crippen molar-refractivity contribution in [3.05, 3.63) is 60.2 Å². The Bertz CT molecular complexity index is 764. The van der Waals surface area contributed by atoms with Gasteiger partial charge >= 0.3 is 0 Å². The van der Waals surface area contributed by atoms with Gasteiger partial charge in [0.2, 0.25) is 5.91 Å². The molecule has 6 heteroatoms. The molecule has 0 fully saturated rings. The molecule has 0 aromatic heterocycles. The van der Waals surface area contributed by atoms with Gasteiger partial charge in [-0.1, -0.05) is 50.6 Å². The van der Waals surface area contributed by atoms with Gasteiger partial charge in [-0.05, 0) is 30.2 Å². The lowest BCUT2D eigenvalue weighted by molar-refractivity contribution is -0.124. The van der Waals surface area contributed by atoms with Gasteiger partial charge in [0.15, 0.2) is 11.5 Å². The summed E-state index contributed by atoms with van der Waals surface area (Å²) in [4.78, 5) is 25.1. The molecule has 6 nitrogen and oxygen atoms in total. The van der Waals surface area contributed by atoms with E-state index in [1.54, 1.807) is 31.4 Å². The predicted octanol–water partition coefficient (Wildman–Crippen LogP) is 3.03. The number of hydrogen-bond acceptors (Lipinski definition) is 4. The first-order valence-corrected chi connectivity index (χ1v) is 9.46. The maximum atomic E-state index is 12.6. The Morgan fingerprint density at radius 3 is 2.29 bits per heavy atom. The molecule has 2 amide bonds. The van der Waals surface area contributed by atoms with E-state index >= 15 is 0 Å². The lowest BCUT2D eigenvalue weighted by atomic mass is 9.98. The van der Waals surface area contributed by atoms with Crippen molar-refractivity contribution >= 4 is 11.8 Å². The molecule has 0 aliphatic carbocycles. The second-order valence-corrected chi connectivity index (χ2v) is 6.49. The fourth-order valence-electron chi connectivity index (χ4n) is 2.70. The number of rotatable bonds is 10. The Hall–Kier alpha value is -3.02. The molecule has 0 bridgehead atoms. The van der Waals surface area contributed by atoms with E-state index in [9.17, 15) is 9.59 Å². The quantitative estimate of drug-likeness (QED) is 0.618. The van der Waals surface area contributed by atoms with Crippen LogP contribution in [0.4, 0.5) is 0 Å². The van der Waals surface area contributed by atoms with E-state index in [0.717, 1.165) is 6.42 Å². The van der Waals surface area contributed by atoms with Crippen molar-refractivity contribution in [2.45, 2.75) is 26.3 Å². The van der Waals surface area contributed by atoms with Crippen LogP contribution < -0.4 is 20.1 Å². The van der Waals surface area contributed by atoms with E-state index in [2.05, 4.69) is 10.6 Å². The highest BCUT2D eigenvalue weighted by atomic mass is 16.5. The first-order valence-electron chi connectivity index (χ1n) is 9.46. The van der Waals surface area contributed by atoms with Crippen LogP contribution in [0.1, 0.15) is 30.6 Å². The Kier molecular flexibility index (Phi) is 8.34. The summed E-state index contributed by atoms with van der Waals surface area (Å²) >= 11 is 0. The van der Waals surface area contributed by atoms with Crippen molar-refractivity contribution in [3.8, 4) is 11.5 Å². The zero-order valence-corrected chi connectivity index (χ0v) is 16.6. The van der Waals surface area contributed by atoms with E-state index in [1.807, 2.05) is 44.2 Å². The van der Waals surface area contributed by atoms with E-state index in [0.29, 0.717) is 30.2 Å². The van der Waals surface area contributed by atoms with Crippen LogP contribution in [0.15, 0.2) is 54.6 Å². The lowest BCUT2D eigenvalue weighted by Gasteiger charge is -2.23. The van der Waals surface area contributed by atoms with Gasteiger partial charge in [0.1, 0.15) is 12.6 Å². The zero-order valence-electron chi connectivity index (χ0n) is 16.6. The average molecular weight is 384 g/mol. The highest BCUT2D eigenvalue weighted by molar-refractivity contribution is 5.97. The van der Waals surface area contributed by atoms with Gasteiger partial charge in [0, 0.05) is 5.56 Å². The second kappa shape index (κ2) is 11.0. The molecule has 0 saturated heterocycles. The number of ether oxygens (including phenoxy) is 2. The lowest BCUT2D eigenvalue weighted by Crippen LogP contribution is -2.50. The van der Waals surface area contributed by atoms with E-state index < -0.39 is 6.04 Å². The Labute approximate surface area is 166 Å². The fourth-order valence-corrected chi connectivity index (χ4v) is 2.70. The van der Waals surface area contributed by atoms with Crippen molar-refractivity contribution in [2.24, 2.45) is 5.92 Å². The summed E-state index contributed by atoms with van der Waals surface area (Å²) in [6.07, 6.45) is 0.769. The molecule has 2 unspecified atom stereocenters. The van der Waals surface area contributed by atoms with Gasteiger partial charge in [-0.3, -0.25) is 9.59 Å². The molecule has 2 rings (SSSR count). The standard InChI is InChI=1S/C22H28N2O4/c1-4-16(2)20(24-21(25)17-10-6-5-7-11-17)22(26)23-14-15-28-19-13-9-8-12-18(19)27-3/h5-13,16,20H,4,14-15H2,1-3H3,(H,23,26)(H,24,25). The van der Waals surface area contributed by atoms with Crippen LogP contribution in [0, 0.1) is 5.92 Å². The number of methoxy groups -OCH3 is 1. The second-order valence-electron chi connectivity index (χ2n) is 6.49. The van der Waals surface area contributed by atoms with Crippen LogP contribution in [0.5, 0.6) is 11.5 Å². The van der Waals surface area contributed by atoms with Gasteiger partial charge in [-0.25, -0.2) is 0 Å². The normalized spacial score (nSPS) is 12.5. The van der Waals surface area contributed by atoms with Gasteiger partial charge in [0.05, 0.1) is 13.7 Å². The smallest absolute Gasteiger partial charge is 0.251 e. The van der Waals surface area contributed by atoms with E-state index in [-0.39, 0.29) is 17.7 Å². The first-order chi connectivity index (χ1) is 13.6. The average Bonchev–Trinajstić information content (AvgIpc) is 2.75. The molecule has 28 heavy (non-hydrogen) atoms. The molecule has 2 atom stereocenters. The molecular formula is C22H28N2O4. The SMILES string of the molecule is CCC(C)C(NC(=O)c1ccccc1)C(=O)NCCOc1ccccc1OC. The van der Waals surface area contributed by atoms with Crippen LogP contribution in [-0.2, 0) is 4.79 Å². The summed E-state index contributed by atoms with van der Waals surface area (Å²) < 4.78 is 10.9. The molecular weight excluding hydrogens is 356 g/mol. The number of hydrogen-bond donors (Lipinski definition) is 2. The summed E-state index contributed by atoms with van der Waals surface area (Å²) in [5.74, 6) is 0.785. The number of carbonyl (C=O) groups excluding carboxylic acids is 2. The van der Waals surface area contributed by atoms with Crippen molar-refractivity contribution in [1.29, 1.82) is 0 Å². The van der Waals surface area contributed by atoms with Gasteiger partial charge in [-0.15, -0.1) is 0 Å². The van der Waals surface area contributed by atoms with Crippen molar-refractivity contribution in [3.63, 3.8) is 0 Å². The largest absolute Gasteiger partial charge is 0.493 e. The molecule has 0 radical (unpaired) electrons. The maximum absolute atomic E-state index is 12.6. The monoisotopic (exact) mass is 384 g/mol. The predicted molar refractivity (Wildman–Crippen MR) is 109 cm³/mol. The molecule has 2 aromatic carbocycles. The maximum Gasteiger partial charge on any atom is 0.251 e. The van der Waals surface area contributed by atoms with Crippen molar-refractivity contribution < 1.29 is 19.1 Å². The topological polar surface area (TPSA) is 76.7 Å². The summed E-state index contributed by atoms with van der Waals surface area (Å²) in [6.45, 7) is 4.56. The third-order valence-corrected chi connectivity index (χ3v) is 4.55. The summed E-state index contributed by atoms with van der Waals surface area (Å²) in [6, 6.07) is 15.6. The Morgan fingerprint density at radius 1 is 1.00 bits per heavy atom. The molecule has 2 N–H and O–H groups in total. The minimum absolute atomic E-state index is 0.00259. The number of carbonyl (C=O) groups is 2. The van der Waals surface area contributed by atoms with Gasteiger partial charge in [-0.2, -0.15) is 0 Å². The molecule has 150 valence electrons. The summed E-state index contributed by atoms with van der Waals surface area (Å²) in [5, 5.41) is 5.69. The molecule has 0 aliphatic heterocycles. The molecule has 0 spiro atoms. The van der Waals surface area contributed by atoms with Crippen LogP contribution in [0.25, 0.3) is 0 Å². The summed E-state index contributed by atoms with van der Waals surface area (Å²) in [5.41, 5.74) is 0.531. The third kappa shape index (κ3) is 6.01. The molecule has 0 saturated carbocycles. The zero-order chi connectivity index (χ0) is 20.4. The number of para-hydroxylation sites is 2. The third-order valence-electron chi connectivity index (χ3n) is 4.55. The van der Waals surface area contributed by atoms with Gasteiger partial charge < -0.3 is 20.1 Å². The Morgan fingerprint density at radius 2 is 1.64 bits per heavy atom. The minimum Gasteiger partial charge on any atom is -0.493 e. The first kappa shape index (κ1) is 21.3. The molecule has 0 heterocycles. The van der Waals surface area contributed by atoms with Crippen LogP contribution in [0.3, 0.4) is 0 Å². The number of benzene rings is 2. The minimum atomic E-state index is -0.607. The van der Waals surface area contributed by atoms with E-state index in [1.165, 1.54) is 0 Å². The molecule has 2 aromatic rings. The van der Waals surface area contributed by atoms with Gasteiger partial charge in [0.25, 0.3) is 5.91 Å². The summed E-state index contributed by atoms with van der Waals surface area (Å²) in [7, 11) is 1.58. The highest BCUT2D eigenvalue weighted by Gasteiger charge is 2.26. The van der Waals surface area contributed by atoms with Crippen molar-refractivity contribution in [1.82, 2.24) is 10.6 Å². The van der Waals surface area contributed by atoms with Crippen molar-refractivity contribution in [2.75, 3.05) is 20.3 Å². The van der Waals surface area contributed by atoms with Crippen LogP contribution in [-0.4, -0.2) is 38.1 Å². The number of nitrogens with one attached hydrogen (secondary N) is 2. The van der Waals surface area contributed by atoms with E-state index in [4.69, 9.17) is 9.47 Å². The highest BCUT2D eigenvalue weighted by Crippen LogP contribution is 2.25. The Balaban J connectivity index is 1.89. The fraction of sp³-hybridized carbons (Fsp3) is 0.364. The number of amides is 2. The van der Waals surface area contributed by atoms with Crippen LogP contribution >= 0.6 is 0 Å². The molecule has 0 aliphatic rings. The van der Waals surface area contributed by atoms with Crippen LogP contribution in [0.2, 0.25) is 0 Å².